The Kier molecular flexibility index (Phi) is 4.32. The lowest BCUT2D eigenvalue weighted by atomic mass is 10.0. The van der Waals surface area contributed by atoms with Gasteiger partial charge in [-0.2, -0.15) is 0 Å². The van der Waals surface area contributed by atoms with E-state index in [1.807, 2.05) is 19.1 Å². The molecule has 1 aromatic heterocycles. The molecule has 0 aliphatic heterocycles. The Morgan fingerprint density at radius 3 is 2.67 bits per heavy atom. The molecule has 18 heavy (non-hydrogen) atoms. The number of nitrogens with zero attached hydrogens (tertiary/aromatic N) is 1. The van der Waals surface area contributed by atoms with Crippen molar-refractivity contribution in [2.45, 2.75) is 38.8 Å². The lowest BCUT2D eigenvalue weighted by Gasteiger charge is -2.22. The van der Waals surface area contributed by atoms with E-state index in [0.29, 0.717) is 12.0 Å². The second-order valence-electron chi connectivity index (χ2n) is 4.85. The van der Waals surface area contributed by atoms with Crippen LogP contribution in [0, 0.1) is 0 Å². The van der Waals surface area contributed by atoms with E-state index >= 15 is 0 Å². The topological polar surface area (TPSA) is 45.1 Å². The van der Waals surface area contributed by atoms with Gasteiger partial charge in [0.1, 0.15) is 0 Å². The summed E-state index contributed by atoms with van der Waals surface area (Å²) in [7, 11) is 0. The van der Waals surface area contributed by atoms with Gasteiger partial charge in [-0.25, -0.2) is 4.98 Å². The van der Waals surface area contributed by atoms with Crippen LogP contribution in [-0.2, 0) is 0 Å². The van der Waals surface area contributed by atoms with Crippen molar-refractivity contribution < 1.29 is 5.11 Å². The highest BCUT2D eigenvalue weighted by Crippen LogP contribution is 2.29. The molecule has 4 heteroatoms. The van der Waals surface area contributed by atoms with Crippen LogP contribution in [0.3, 0.4) is 0 Å². The number of hydrogen-bond donors (Lipinski definition) is 2. The second kappa shape index (κ2) is 5.78. The van der Waals surface area contributed by atoms with Gasteiger partial charge in [0.25, 0.3) is 0 Å². The third-order valence-electron chi connectivity index (χ3n) is 3.27. The maximum absolute atomic E-state index is 9.07. The van der Waals surface area contributed by atoms with E-state index < -0.39 is 0 Å². The van der Waals surface area contributed by atoms with E-state index in [1.165, 1.54) is 4.70 Å². The van der Waals surface area contributed by atoms with E-state index in [1.54, 1.807) is 11.3 Å². The number of rotatable bonds is 5. The molecule has 0 radical (unpaired) electrons. The van der Waals surface area contributed by atoms with Gasteiger partial charge < -0.3 is 10.4 Å². The average molecular weight is 264 g/mol. The molecule has 98 valence electrons. The van der Waals surface area contributed by atoms with Crippen LogP contribution in [0.5, 0.6) is 0 Å². The van der Waals surface area contributed by atoms with Gasteiger partial charge in [-0.15, -0.1) is 11.3 Å². The predicted molar refractivity (Wildman–Crippen MR) is 77.2 cm³/mol. The van der Waals surface area contributed by atoms with Gasteiger partial charge in [0.15, 0.2) is 0 Å². The van der Waals surface area contributed by atoms with E-state index in [-0.39, 0.29) is 12.6 Å². The number of hydrogen-bond acceptors (Lipinski definition) is 4. The van der Waals surface area contributed by atoms with Crippen molar-refractivity contribution in [3.63, 3.8) is 0 Å². The molecule has 2 N–H and O–H groups in total. The minimum atomic E-state index is 0.122. The Bertz CT molecular complexity index is 478. The molecule has 3 atom stereocenters. The van der Waals surface area contributed by atoms with Crippen LogP contribution in [0.2, 0.25) is 0 Å². The SMILES string of the molecule is CC(N[C@H](C)CO)C(C)c1nc2ccccc2s1. The number of aromatic nitrogens is 1. The molecule has 2 rings (SSSR count). The highest BCUT2D eigenvalue weighted by Gasteiger charge is 2.19. The Morgan fingerprint density at radius 2 is 2.00 bits per heavy atom. The van der Waals surface area contributed by atoms with Gasteiger partial charge in [-0.3, -0.25) is 0 Å². The summed E-state index contributed by atoms with van der Waals surface area (Å²) in [5, 5.41) is 13.6. The predicted octanol–water partition coefficient (Wildman–Crippen LogP) is 2.76. The zero-order chi connectivity index (χ0) is 13.1. The number of fused-ring (bicyclic) bond motifs is 1. The van der Waals surface area contributed by atoms with Crippen molar-refractivity contribution in [1.29, 1.82) is 0 Å². The third kappa shape index (κ3) is 2.88. The Morgan fingerprint density at radius 1 is 1.28 bits per heavy atom. The van der Waals surface area contributed by atoms with Crippen molar-refractivity contribution in [2.24, 2.45) is 0 Å². The second-order valence-corrected chi connectivity index (χ2v) is 5.91. The Labute approximate surface area is 112 Å². The molecule has 0 bridgehead atoms. The lowest BCUT2D eigenvalue weighted by molar-refractivity contribution is 0.238. The van der Waals surface area contributed by atoms with E-state index in [2.05, 4.69) is 36.3 Å². The first-order valence-electron chi connectivity index (χ1n) is 6.34. The molecule has 2 unspecified atom stereocenters. The Balaban J connectivity index is 2.14. The highest BCUT2D eigenvalue weighted by molar-refractivity contribution is 7.18. The average Bonchev–Trinajstić information content (AvgIpc) is 2.81. The molecular formula is C14H20N2OS. The number of aliphatic hydroxyl groups excluding tert-OH is 1. The molecule has 1 heterocycles. The number of nitrogens with one attached hydrogen (secondary N) is 1. The van der Waals surface area contributed by atoms with Gasteiger partial charge in [0.2, 0.25) is 0 Å². The molecule has 0 spiro atoms. The summed E-state index contributed by atoms with van der Waals surface area (Å²) >= 11 is 1.75. The first-order chi connectivity index (χ1) is 8.61. The van der Waals surface area contributed by atoms with Crippen LogP contribution in [-0.4, -0.2) is 28.8 Å². The van der Waals surface area contributed by atoms with Crippen LogP contribution >= 0.6 is 11.3 Å². The smallest absolute Gasteiger partial charge is 0.0982 e. The zero-order valence-corrected chi connectivity index (χ0v) is 11.9. The van der Waals surface area contributed by atoms with E-state index in [0.717, 1.165) is 10.5 Å². The number of thiazole rings is 1. The highest BCUT2D eigenvalue weighted by atomic mass is 32.1. The normalized spacial score (nSPS) is 16.7. The molecule has 1 aromatic carbocycles. The number of para-hydroxylation sites is 1. The summed E-state index contributed by atoms with van der Waals surface area (Å²) in [4.78, 5) is 4.68. The van der Waals surface area contributed by atoms with Gasteiger partial charge in [0, 0.05) is 18.0 Å². The molecule has 0 aliphatic rings. The Hall–Kier alpha value is -0.970. The monoisotopic (exact) mass is 264 g/mol. The summed E-state index contributed by atoms with van der Waals surface area (Å²) in [6.07, 6.45) is 0. The van der Waals surface area contributed by atoms with Crippen molar-refractivity contribution in [3.05, 3.63) is 29.3 Å². The van der Waals surface area contributed by atoms with Gasteiger partial charge >= 0.3 is 0 Å². The molecule has 0 saturated heterocycles. The standard InChI is InChI=1S/C14H20N2OS/c1-9(8-17)15-11(3)10(2)14-16-12-6-4-5-7-13(12)18-14/h4-7,9-11,15,17H,8H2,1-3H3/t9-,10?,11?/m1/s1. The van der Waals surface area contributed by atoms with Crippen molar-refractivity contribution >= 4 is 21.6 Å². The van der Waals surface area contributed by atoms with Gasteiger partial charge in [0.05, 0.1) is 21.8 Å². The van der Waals surface area contributed by atoms with E-state index in [9.17, 15) is 0 Å². The van der Waals surface area contributed by atoms with Crippen LogP contribution < -0.4 is 5.32 Å². The lowest BCUT2D eigenvalue weighted by Crippen LogP contribution is -2.39. The molecule has 2 aromatic rings. The van der Waals surface area contributed by atoms with Crippen LogP contribution in [0.1, 0.15) is 31.7 Å². The summed E-state index contributed by atoms with van der Waals surface area (Å²) in [6, 6.07) is 8.65. The van der Waals surface area contributed by atoms with Crippen LogP contribution in [0.4, 0.5) is 0 Å². The minimum Gasteiger partial charge on any atom is -0.395 e. The molecule has 0 saturated carbocycles. The molecule has 0 fully saturated rings. The summed E-state index contributed by atoms with van der Waals surface area (Å²) in [5.74, 6) is 0.344. The maximum atomic E-state index is 9.07. The fourth-order valence-corrected chi connectivity index (χ4v) is 3.07. The summed E-state index contributed by atoms with van der Waals surface area (Å²) in [5.41, 5.74) is 1.08. The first kappa shape index (κ1) is 13.5. The fourth-order valence-electron chi connectivity index (χ4n) is 1.94. The zero-order valence-electron chi connectivity index (χ0n) is 11.1. The third-order valence-corrected chi connectivity index (χ3v) is 4.51. The fraction of sp³-hybridized carbons (Fsp3) is 0.500. The molecule has 0 aliphatic carbocycles. The van der Waals surface area contributed by atoms with E-state index in [4.69, 9.17) is 5.11 Å². The number of aliphatic hydroxyl groups is 1. The summed E-state index contributed by atoms with van der Waals surface area (Å²) in [6.45, 7) is 6.47. The largest absolute Gasteiger partial charge is 0.395 e. The molecule has 3 nitrogen and oxygen atoms in total. The molecule has 0 amide bonds. The quantitative estimate of drug-likeness (QED) is 0.873. The van der Waals surface area contributed by atoms with Crippen molar-refractivity contribution in [3.8, 4) is 0 Å². The van der Waals surface area contributed by atoms with Gasteiger partial charge in [-0.1, -0.05) is 19.1 Å². The van der Waals surface area contributed by atoms with Gasteiger partial charge in [-0.05, 0) is 26.0 Å². The minimum absolute atomic E-state index is 0.122. The maximum Gasteiger partial charge on any atom is 0.0982 e. The van der Waals surface area contributed by atoms with Crippen molar-refractivity contribution in [1.82, 2.24) is 10.3 Å². The van der Waals surface area contributed by atoms with Crippen molar-refractivity contribution in [2.75, 3.05) is 6.61 Å². The molecular weight excluding hydrogens is 244 g/mol. The first-order valence-corrected chi connectivity index (χ1v) is 7.16. The van der Waals surface area contributed by atoms with Crippen LogP contribution in [0.25, 0.3) is 10.2 Å². The van der Waals surface area contributed by atoms with Crippen LogP contribution in [0.15, 0.2) is 24.3 Å². The summed E-state index contributed by atoms with van der Waals surface area (Å²) < 4.78 is 1.24. The number of benzene rings is 1.